The highest BCUT2D eigenvalue weighted by Crippen LogP contribution is 2.41. The summed E-state index contributed by atoms with van der Waals surface area (Å²) in [5.41, 5.74) is 7.00. The summed E-state index contributed by atoms with van der Waals surface area (Å²) >= 11 is 6.52. The molecule has 0 saturated heterocycles. The number of ether oxygens (including phenoxy) is 2. The van der Waals surface area contributed by atoms with Crippen molar-refractivity contribution in [3.8, 4) is 11.5 Å². The van der Waals surface area contributed by atoms with Gasteiger partial charge in [0.15, 0.2) is 11.5 Å². The van der Waals surface area contributed by atoms with E-state index in [1.54, 1.807) is 14.2 Å². The van der Waals surface area contributed by atoms with Gasteiger partial charge in [-0.25, -0.2) is 0 Å². The molecule has 0 aliphatic carbocycles. The molecule has 0 bridgehead atoms. The van der Waals surface area contributed by atoms with Crippen molar-refractivity contribution in [3.05, 3.63) is 22.7 Å². The van der Waals surface area contributed by atoms with Crippen LogP contribution in [0, 0.1) is 0 Å². The van der Waals surface area contributed by atoms with Gasteiger partial charge in [0.2, 0.25) is 0 Å². The van der Waals surface area contributed by atoms with Gasteiger partial charge < -0.3 is 15.2 Å². The average molecular weight is 315 g/mol. The van der Waals surface area contributed by atoms with E-state index in [4.69, 9.17) is 26.8 Å². The SMILES string of the molecule is CCC(C)(C)N(C)C(CN)c1ccc(OC)c(OC)c1Cl. The first-order valence-electron chi connectivity index (χ1n) is 7.17. The van der Waals surface area contributed by atoms with E-state index in [-0.39, 0.29) is 11.6 Å². The molecule has 0 saturated carbocycles. The third kappa shape index (κ3) is 3.62. The third-order valence-corrected chi connectivity index (χ3v) is 4.77. The molecule has 0 amide bonds. The Hall–Kier alpha value is -0.970. The third-order valence-electron chi connectivity index (χ3n) is 4.38. The Kier molecular flexibility index (Phi) is 6.32. The number of likely N-dealkylation sites (N-methyl/N-ethyl adjacent to an activating group) is 1. The molecule has 1 aromatic rings. The predicted molar refractivity (Wildman–Crippen MR) is 88.5 cm³/mol. The van der Waals surface area contributed by atoms with Gasteiger partial charge in [-0.2, -0.15) is 0 Å². The lowest BCUT2D eigenvalue weighted by atomic mass is 9.94. The molecule has 1 rings (SSSR count). The van der Waals surface area contributed by atoms with Crippen molar-refractivity contribution in [2.45, 2.75) is 38.8 Å². The number of halogens is 1. The summed E-state index contributed by atoms with van der Waals surface area (Å²) < 4.78 is 10.7. The second kappa shape index (κ2) is 7.34. The standard InChI is InChI=1S/C16H27ClN2O2/c1-7-16(2,3)19(4)12(10-18)11-8-9-13(20-5)15(21-6)14(11)17/h8-9,12H,7,10,18H2,1-6H3. The lowest BCUT2D eigenvalue weighted by molar-refractivity contribution is 0.100. The van der Waals surface area contributed by atoms with Crippen LogP contribution in [0.25, 0.3) is 0 Å². The normalized spacial score (nSPS) is 13.4. The van der Waals surface area contributed by atoms with Crippen LogP contribution in [0.1, 0.15) is 38.8 Å². The fraction of sp³-hybridized carbons (Fsp3) is 0.625. The molecule has 120 valence electrons. The minimum Gasteiger partial charge on any atom is -0.493 e. The largest absolute Gasteiger partial charge is 0.493 e. The quantitative estimate of drug-likeness (QED) is 0.837. The summed E-state index contributed by atoms with van der Waals surface area (Å²) in [5, 5.41) is 0.561. The number of rotatable bonds is 7. The number of nitrogens with zero attached hydrogens (tertiary/aromatic N) is 1. The summed E-state index contributed by atoms with van der Waals surface area (Å²) in [7, 11) is 5.26. The molecule has 0 aliphatic rings. The second-order valence-electron chi connectivity index (χ2n) is 5.73. The first-order chi connectivity index (χ1) is 9.83. The van der Waals surface area contributed by atoms with E-state index in [0.717, 1.165) is 12.0 Å². The maximum atomic E-state index is 6.52. The lowest BCUT2D eigenvalue weighted by Crippen LogP contribution is -2.45. The van der Waals surface area contributed by atoms with Crippen molar-refractivity contribution in [2.75, 3.05) is 27.8 Å². The number of hydrogen-bond donors (Lipinski definition) is 1. The monoisotopic (exact) mass is 314 g/mol. The van der Waals surface area contributed by atoms with Gasteiger partial charge in [-0.05, 0) is 38.9 Å². The molecule has 0 spiro atoms. The zero-order valence-corrected chi connectivity index (χ0v) is 14.6. The van der Waals surface area contributed by atoms with E-state index in [0.29, 0.717) is 23.1 Å². The topological polar surface area (TPSA) is 47.7 Å². The van der Waals surface area contributed by atoms with Crippen LogP contribution >= 0.6 is 11.6 Å². The minimum absolute atomic E-state index is 0.0206. The average Bonchev–Trinajstić information content (AvgIpc) is 2.48. The lowest BCUT2D eigenvalue weighted by Gasteiger charge is -2.41. The molecule has 1 atom stereocenters. The molecule has 5 heteroatoms. The summed E-state index contributed by atoms with van der Waals surface area (Å²) in [6.07, 6.45) is 1.02. The molecule has 0 aromatic heterocycles. The van der Waals surface area contributed by atoms with E-state index in [1.807, 2.05) is 12.1 Å². The molecular formula is C16H27ClN2O2. The first kappa shape index (κ1) is 18.1. The zero-order valence-electron chi connectivity index (χ0n) is 13.9. The van der Waals surface area contributed by atoms with Gasteiger partial charge in [0.05, 0.1) is 19.2 Å². The molecule has 2 N–H and O–H groups in total. The molecular weight excluding hydrogens is 288 g/mol. The van der Waals surface area contributed by atoms with Crippen LogP contribution in [0.2, 0.25) is 5.02 Å². The van der Waals surface area contributed by atoms with Crippen LogP contribution in [-0.2, 0) is 0 Å². The van der Waals surface area contributed by atoms with Crippen LogP contribution < -0.4 is 15.2 Å². The molecule has 21 heavy (non-hydrogen) atoms. The van der Waals surface area contributed by atoms with E-state index in [9.17, 15) is 0 Å². The van der Waals surface area contributed by atoms with E-state index in [1.165, 1.54) is 0 Å². The predicted octanol–water partition coefficient (Wildman–Crippen LogP) is 3.48. The van der Waals surface area contributed by atoms with Crippen molar-refractivity contribution in [1.82, 2.24) is 4.90 Å². The van der Waals surface area contributed by atoms with Crippen LogP contribution in [0.3, 0.4) is 0 Å². The fourth-order valence-electron chi connectivity index (χ4n) is 2.33. The van der Waals surface area contributed by atoms with Gasteiger partial charge in [0.1, 0.15) is 0 Å². The van der Waals surface area contributed by atoms with E-state index < -0.39 is 0 Å². The Balaban J connectivity index is 3.30. The molecule has 4 nitrogen and oxygen atoms in total. The molecule has 0 aliphatic heterocycles. The van der Waals surface area contributed by atoms with Crippen LogP contribution in [-0.4, -0.2) is 38.3 Å². The Bertz CT molecular complexity index is 478. The Morgan fingerprint density at radius 3 is 2.33 bits per heavy atom. The molecule has 1 aromatic carbocycles. The zero-order chi connectivity index (χ0) is 16.2. The number of benzene rings is 1. The maximum Gasteiger partial charge on any atom is 0.179 e. The van der Waals surface area contributed by atoms with Gasteiger partial charge in [-0.15, -0.1) is 0 Å². The van der Waals surface area contributed by atoms with E-state index in [2.05, 4.69) is 32.7 Å². The van der Waals surface area contributed by atoms with Crippen molar-refractivity contribution in [3.63, 3.8) is 0 Å². The number of hydrogen-bond acceptors (Lipinski definition) is 4. The molecule has 0 radical (unpaired) electrons. The highest BCUT2D eigenvalue weighted by atomic mass is 35.5. The number of nitrogens with two attached hydrogens (primary N) is 1. The summed E-state index contributed by atoms with van der Waals surface area (Å²) in [6.45, 7) is 7.05. The van der Waals surface area contributed by atoms with Crippen molar-refractivity contribution < 1.29 is 9.47 Å². The Labute approximate surface area is 133 Å². The fourth-order valence-corrected chi connectivity index (χ4v) is 2.69. The minimum atomic E-state index is 0.0206. The summed E-state index contributed by atoms with van der Waals surface area (Å²) in [6, 6.07) is 3.85. The molecule has 1 unspecified atom stereocenters. The Morgan fingerprint density at radius 2 is 1.90 bits per heavy atom. The molecule has 0 heterocycles. The highest BCUT2D eigenvalue weighted by Gasteiger charge is 2.30. The van der Waals surface area contributed by atoms with Crippen molar-refractivity contribution in [1.29, 1.82) is 0 Å². The van der Waals surface area contributed by atoms with E-state index >= 15 is 0 Å². The van der Waals surface area contributed by atoms with Gasteiger partial charge in [0.25, 0.3) is 0 Å². The summed E-state index contributed by atoms with van der Waals surface area (Å²) in [5.74, 6) is 1.18. The van der Waals surface area contributed by atoms with Crippen LogP contribution in [0.15, 0.2) is 12.1 Å². The maximum absolute atomic E-state index is 6.52. The molecule has 0 fully saturated rings. The smallest absolute Gasteiger partial charge is 0.179 e. The van der Waals surface area contributed by atoms with Crippen LogP contribution in [0.4, 0.5) is 0 Å². The number of methoxy groups -OCH3 is 2. The van der Waals surface area contributed by atoms with Gasteiger partial charge in [-0.3, -0.25) is 4.90 Å². The van der Waals surface area contributed by atoms with Gasteiger partial charge in [0, 0.05) is 18.1 Å². The Morgan fingerprint density at radius 1 is 1.29 bits per heavy atom. The first-order valence-corrected chi connectivity index (χ1v) is 7.55. The van der Waals surface area contributed by atoms with Gasteiger partial charge in [-0.1, -0.05) is 24.6 Å². The van der Waals surface area contributed by atoms with Crippen molar-refractivity contribution in [2.24, 2.45) is 5.73 Å². The van der Waals surface area contributed by atoms with Gasteiger partial charge >= 0.3 is 0 Å². The highest BCUT2D eigenvalue weighted by molar-refractivity contribution is 6.33. The van der Waals surface area contributed by atoms with Crippen LogP contribution in [0.5, 0.6) is 11.5 Å². The second-order valence-corrected chi connectivity index (χ2v) is 6.11. The summed E-state index contributed by atoms with van der Waals surface area (Å²) in [4.78, 5) is 2.26. The van der Waals surface area contributed by atoms with Crippen molar-refractivity contribution >= 4 is 11.6 Å².